The van der Waals surface area contributed by atoms with Gasteiger partial charge in [0.1, 0.15) is 0 Å². The normalized spacial score (nSPS) is 23.4. The van der Waals surface area contributed by atoms with Crippen molar-refractivity contribution in [2.45, 2.75) is 33.1 Å². The Kier molecular flexibility index (Phi) is 3.85. The molecule has 0 radical (unpaired) electrons. The molecule has 1 aliphatic carbocycles. The summed E-state index contributed by atoms with van der Waals surface area (Å²) >= 11 is 0. The molecule has 1 N–H and O–H groups in total. The lowest BCUT2D eigenvalue weighted by atomic mass is 9.84. The van der Waals surface area contributed by atoms with Crippen LogP contribution in [0, 0.1) is 17.8 Å². The first-order chi connectivity index (χ1) is 7.72. The molecular weight excluding hydrogens is 200 g/mol. The number of rotatable bonds is 5. The van der Waals surface area contributed by atoms with E-state index in [0.29, 0.717) is 11.8 Å². The van der Waals surface area contributed by atoms with Crippen molar-refractivity contribution in [1.29, 1.82) is 0 Å². The van der Waals surface area contributed by atoms with Crippen LogP contribution in [0.2, 0.25) is 0 Å². The van der Waals surface area contributed by atoms with Crippen molar-refractivity contribution < 1.29 is 4.79 Å². The van der Waals surface area contributed by atoms with Gasteiger partial charge in [0.2, 0.25) is 5.91 Å². The third-order valence-electron chi connectivity index (χ3n) is 4.31. The highest BCUT2D eigenvalue weighted by atomic mass is 16.2. The molecule has 0 spiro atoms. The first-order valence-electron chi connectivity index (χ1n) is 6.72. The summed E-state index contributed by atoms with van der Waals surface area (Å²) in [5, 5.41) is 3.25. The minimum atomic E-state index is 0.210. The fraction of sp³-hybridized carbons (Fsp3) is 0.923. The minimum absolute atomic E-state index is 0.210. The summed E-state index contributed by atoms with van der Waals surface area (Å²) in [7, 11) is 0. The average Bonchev–Trinajstić information content (AvgIpc) is 2.13. The Morgan fingerprint density at radius 2 is 2.12 bits per heavy atom. The summed E-state index contributed by atoms with van der Waals surface area (Å²) in [6.45, 7) is 8.11. The fourth-order valence-corrected chi connectivity index (χ4v) is 2.52. The van der Waals surface area contributed by atoms with Gasteiger partial charge in [0.25, 0.3) is 0 Å². The molecule has 3 nitrogen and oxygen atoms in total. The molecule has 0 aromatic heterocycles. The maximum Gasteiger partial charge on any atom is 0.225 e. The molecule has 0 aromatic carbocycles. The van der Waals surface area contributed by atoms with E-state index in [1.807, 2.05) is 0 Å². The summed E-state index contributed by atoms with van der Waals surface area (Å²) < 4.78 is 0. The Hall–Kier alpha value is -0.570. The molecule has 1 unspecified atom stereocenters. The van der Waals surface area contributed by atoms with Crippen LogP contribution in [-0.4, -0.2) is 37.0 Å². The standard InChI is InChI=1S/C13H24N2O/c1-3-15(9-11-5-4-6-11)13(16)10(2)12-7-14-8-12/h10-12,14H,3-9H2,1-2H3. The van der Waals surface area contributed by atoms with Gasteiger partial charge in [0, 0.05) is 19.0 Å². The molecule has 0 aromatic rings. The monoisotopic (exact) mass is 224 g/mol. The van der Waals surface area contributed by atoms with E-state index in [-0.39, 0.29) is 5.92 Å². The first kappa shape index (κ1) is 11.9. The van der Waals surface area contributed by atoms with Crippen LogP contribution in [0.5, 0.6) is 0 Å². The summed E-state index contributed by atoms with van der Waals surface area (Å²) in [4.78, 5) is 14.4. The molecule has 1 aliphatic heterocycles. The maximum atomic E-state index is 12.3. The second-order valence-corrected chi connectivity index (χ2v) is 5.38. The Labute approximate surface area is 98.6 Å². The molecule has 3 heteroatoms. The molecule has 2 fully saturated rings. The van der Waals surface area contributed by atoms with Gasteiger partial charge in [0.15, 0.2) is 0 Å². The molecular formula is C13H24N2O. The number of nitrogens with zero attached hydrogens (tertiary/aromatic N) is 1. The minimum Gasteiger partial charge on any atom is -0.342 e. The van der Waals surface area contributed by atoms with Crippen molar-refractivity contribution in [2.24, 2.45) is 17.8 Å². The van der Waals surface area contributed by atoms with Crippen LogP contribution in [0.25, 0.3) is 0 Å². The zero-order valence-electron chi connectivity index (χ0n) is 10.5. The highest BCUT2D eigenvalue weighted by Gasteiger charge is 2.32. The van der Waals surface area contributed by atoms with Crippen molar-refractivity contribution in [3.05, 3.63) is 0 Å². The van der Waals surface area contributed by atoms with Crippen molar-refractivity contribution in [3.63, 3.8) is 0 Å². The van der Waals surface area contributed by atoms with Gasteiger partial charge in [-0.05, 0) is 44.7 Å². The van der Waals surface area contributed by atoms with Crippen LogP contribution >= 0.6 is 0 Å². The first-order valence-corrected chi connectivity index (χ1v) is 6.72. The second-order valence-electron chi connectivity index (χ2n) is 5.38. The SMILES string of the molecule is CCN(CC1CCC1)C(=O)C(C)C1CNC1. The van der Waals surface area contributed by atoms with Crippen molar-refractivity contribution >= 4 is 5.91 Å². The number of hydrogen-bond acceptors (Lipinski definition) is 2. The largest absolute Gasteiger partial charge is 0.342 e. The summed E-state index contributed by atoms with van der Waals surface area (Å²) in [5.41, 5.74) is 0. The van der Waals surface area contributed by atoms with Crippen molar-refractivity contribution in [2.75, 3.05) is 26.2 Å². The highest BCUT2D eigenvalue weighted by molar-refractivity contribution is 5.79. The molecule has 0 bridgehead atoms. The van der Waals surface area contributed by atoms with Crippen LogP contribution < -0.4 is 5.32 Å². The fourth-order valence-electron chi connectivity index (χ4n) is 2.52. The Morgan fingerprint density at radius 1 is 1.44 bits per heavy atom. The average molecular weight is 224 g/mol. The number of nitrogens with one attached hydrogen (secondary N) is 1. The summed E-state index contributed by atoms with van der Waals surface area (Å²) in [5.74, 6) is 1.95. The van der Waals surface area contributed by atoms with Crippen LogP contribution in [0.1, 0.15) is 33.1 Å². The number of carbonyl (C=O) groups is 1. The molecule has 2 aliphatic rings. The van der Waals surface area contributed by atoms with Crippen molar-refractivity contribution in [1.82, 2.24) is 10.2 Å². The third-order valence-corrected chi connectivity index (χ3v) is 4.31. The molecule has 1 saturated heterocycles. The van der Waals surface area contributed by atoms with Crippen molar-refractivity contribution in [3.8, 4) is 0 Å². The number of amides is 1. The van der Waals surface area contributed by atoms with Crippen LogP contribution in [0.15, 0.2) is 0 Å². The van der Waals surface area contributed by atoms with E-state index < -0.39 is 0 Å². The van der Waals surface area contributed by atoms with Gasteiger partial charge in [-0.15, -0.1) is 0 Å². The number of carbonyl (C=O) groups excluding carboxylic acids is 1. The quantitative estimate of drug-likeness (QED) is 0.767. The maximum absolute atomic E-state index is 12.3. The molecule has 1 atom stereocenters. The lowest BCUT2D eigenvalue weighted by Crippen LogP contribution is -2.51. The zero-order valence-corrected chi connectivity index (χ0v) is 10.5. The Balaban J connectivity index is 1.83. The van der Waals surface area contributed by atoms with E-state index in [2.05, 4.69) is 24.1 Å². The molecule has 1 heterocycles. The van der Waals surface area contributed by atoms with Gasteiger partial charge >= 0.3 is 0 Å². The Bertz CT molecular complexity index is 246. The van der Waals surface area contributed by atoms with Gasteiger partial charge in [-0.3, -0.25) is 4.79 Å². The second kappa shape index (κ2) is 5.17. The van der Waals surface area contributed by atoms with E-state index in [9.17, 15) is 4.79 Å². The highest BCUT2D eigenvalue weighted by Crippen LogP contribution is 2.28. The van der Waals surface area contributed by atoms with Crippen LogP contribution in [-0.2, 0) is 4.79 Å². The van der Waals surface area contributed by atoms with Crippen LogP contribution in [0.4, 0.5) is 0 Å². The lowest BCUT2D eigenvalue weighted by Gasteiger charge is -2.37. The van der Waals surface area contributed by atoms with E-state index in [1.165, 1.54) is 19.3 Å². The smallest absolute Gasteiger partial charge is 0.225 e. The predicted molar refractivity (Wildman–Crippen MR) is 65.1 cm³/mol. The van der Waals surface area contributed by atoms with E-state index in [0.717, 1.165) is 32.1 Å². The van der Waals surface area contributed by atoms with E-state index in [4.69, 9.17) is 0 Å². The summed E-state index contributed by atoms with van der Waals surface area (Å²) in [6, 6.07) is 0. The lowest BCUT2D eigenvalue weighted by molar-refractivity contribution is -0.138. The van der Waals surface area contributed by atoms with Crippen LogP contribution in [0.3, 0.4) is 0 Å². The summed E-state index contributed by atoms with van der Waals surface area (Å²) in [6.07, 6.45) is 4.00. The zero-order chi connectivity index (χ0) is 11.5. The topological polar surface area (TPSA) is 32.3 Å². The van der Waals surface area contributed by atoms with Gasteiger partial charge in [-0.2, -0.15) is 0 Å². The third kappa shape index (κ3) is 2.40. The van der Waals surface area contributed by atoms with Gasteiger partial charge < -0.3 is 10.2 Å². The molecule has 1 saturated carbocycles. The number of hydrogen-bond donors (Lipinski definition) is 1. The van der Waals surface area contributed by atoms with E-state index in [1.54, 1.807) is 0 Å². The van der Waals surface area contributed by atoms with Gasteiger partial charge in [0.05, 0.1) is 0 Å². The Morgan fingerprint density at radius 3 is 2.50 bits per heavy atom. The predicted octanol–water partition coefficient (Wildman–Crippen LogP) is 1.49. The van der Waals surface area contributed by atoms with Gasteiger partial charge in [-0.25, -0.2) is 0 Å². The molecule has 1 amide bonds. The van der Waals surface area contributed by atoms with Gasteiger partial charge in [-0.1, -0.05) is 13.3 Å². The molecule has 2 rings (SSSR count). The molecule has 92 valence electrons. The van der Waals surface area contributed by atoms with E-state index >= 15 is 0 Å². The molecule has 16 heavy (non-hydrogen) atoms.